The lowest BCUT2D eigenvalue weighted by molar-refractivity contribution is -0.115. The lowest BCUT2D eigenvalue weighted by atomic mass is 10.1. The summed E-state index contributed by atoms with van der Waals surface area (Å²) in [5.41, 5.74) is 3.12. The Bertz CT molecular complexity index is 738. The number of hydrogen-bond acceptors (Lipinski definition) is 5. The van der Waals surface area contributed by atoms with Crippen LogP contribution in [0.2, 0.25) is 0 Å². The minimum absolute atomic E-state index is 0.00675. The summed E-state index contributed by atoms with van der Waals surface area (Å²) in [7, 11) is 1.79. The molecule has 1 saturated heterocycles. The van der Waals surface area contributed by atoms with E-state index in [0.29, 0.717) is 6.10 Å². The molecule has 2 heterocycles. The van der Waals surface area contributed by atoms with E-state index in [4.69, 9.17) is 9.72 Å². The van der Waals surface area contributed by atoms with E-state index in [2.05, 4.69) is 23.3 Å². The van der Waals surface area contributed by atoms with Crippen molar-refractivity contribution in [2.24, 2.45) is 0 Å². The first-order valence-electron chi connectivity index (χ1n) is 9.20. The van der Waals surface area contributed by atoms with Crippen molar-refractivity contribution in [1.29, 1.82) is 0 Å². The summed E-state index contributed by atoms with van der Waals surface area (Å²) in [6.07, 6.45) is 3.40. The Balaban J connectivity index is 1.75. The van der Waals surface area contributed by atoms with Gasteiger partial charge < -0.3 is 4.74 Å². The highest BCUT2D eigenvalue weighted by atomic mass is 32.1. The van der Waals surface area contributed by atoms with Crippen molar-refractivity contribution in [3.63, 3.8) is 0 Å². The van der Waals surface area contributed by atoms with Gasteiger partial charge in [0.05, 0.1) is 17.5 Å². The maximum atomic E-state index is 12.3. The molecule has 0 N–H and O–H groups in total. The van der Waals surface area contributed by atoms with Crippen molar-refractivity contribution in [2.45, 2.75) is 45.8 Å². The van der Waals surface area contributed by atoms with Gasteiger partial charge in [0.2, 0.25) is 5.91 Å². The van der Waals surface area contributed by atoms with Gasteiger partial charge >= 0.3 is 0 Å². The number of anilines is 2. The Hall–Kier alpha value is -1.76. The quantitative estimate of drug-likeness (QED) is 0.768. The predicted molar refractivity (Wildman–Crippen MR) is 106 cm³/mol. The number of ether oxygens (including phenoxy) is 1. The van der Waals surface area contributed by atoms with Crippen LogP contribution in [0.15, 0.2) is 29.6 Å². The summed E-state index contributed by atoms with van der Waals surface area (Å²) in [6, 6.07) is 8.05. The summed E-state index contributed by atoms with van der Waals surface area (Å²) in [5.74, 6) is -0.00675. The van der Waals surface area contributed by atoms with Gasteiger partial charge in [-0.05, 0) is 30.9 Å². The molecule has 1 aromatic heterocycles. The number of carbonyl (C=O) groups is 1. The van der Waals surface area contributed by atoms with Crippen molar-refractivity contribution in [3.05, 3.63) is 40.9 Å². The Morgan fingerprint density at radius 3 is 2.73 bits per heavy atom. The topological polar surface area (TPSA) is 45.7 Å². The molecular weight excluding hydrogens is 346 g/mol. The number of carbonyl (C=O) groups excluding carboxylic acids is 1. The van der Waals surface area contributed by atoms with E-state index in [9.17, 15) is 4.79 Å². The highest BCUT2D eigenvalue weighted by molar-refractivity contribution is 7.14. The zero-order chi connectivity index (χ0) is 18.5. The maximum absolute atomic E-state index is 12.3. The monoisotopic (exact) mass is 373 g/mol. The summed E-state index contributed by atoms with van der Waals surface area (Å²) in [4.78, 5) is 21.3. The van der Waals surface area contributed by atoms with Crippen molar-refractivity contribution >= 4 is 28.1 Å². The van der Waals surface area contributed by atoms with E-state index in [1.165, 1.54) is 11.3 Å². The fraction of sp³-hybridized carbons (Fsp3) is 0.500. The third-order valence-corrected chi connectivity index (χ3v) is 5.79. The van der Waals surface area contributed by atoms with Gasteiger partial charge in [0.1, 0.15) is 0 Å². The molecule has 1 aromatic carbocycles. The number of likely N-dealkylation sites (tertiary alicyclic amines) is 1. The molecule has 26 heavy (non-hydrogen) atoms. The zero-order valence-electron chi connectivity index (χ0n) is 15.8. The number of nitrogens with zero attached hydrogens (tertiary/aromatic N) is 3. The second-order valence-electron chi connectivity index (χ2n) is 6.67. The minimum Gasteiger partial charge on any atom is -0.381 e. The van der Waals surface area contributed by atoms with Crippen LogP contribution in [0.3, 0.4) is 0 Å². The number of piperidine rings is 1. The van der Waals surface area contributed by atoms with Crippen LogP contribution in [0.5, 0.6) is 0 Å². The van der Waals surface area contributed by atoms with E-state index < -0.39 is 0 Å². The molecule has 0 saturated carbocycles. The Morgan fingerprint density at radius 2 is 2.08 bits per heavy atom. The standard InChI is InChI=1S/C20H27N3O2S/c1-4-16-7-5-6-8-19(16)23(15(2)24)20-21-17(14-26-20)13-22-11-9-18(25-3)10-12-22/h5-8,14,18H,4,9-13H2,1-3H3. The summed E-state index contributed by atoms with van der Waals surface area (Å²) in [5, 5.41) is 2.82. The lowest BCUT2D eigenvalue weighted by Gasteiger charge is -2.30. The number of hydrogen-bond donors (Lipinski definition) is 0. The molecule has 1 fully saturated rings. The largest absolute Gasteiger partial charge is 0.381 e. The number of rotatable bonds is 6. The highest BCUT2D eigenvalue weighted by Gasteiger charge is 2.22. The lowest BCUT2D eigenvalue weighted by Crippen LogP contribution is -2.36. The van der Waals surface area contributed by atoms with Crippen LogP contribution >= 0.6 is 11.3 Å². The van der Waals surface area contributed by atoms with Crippen molar-refractivity contribution in [3.8, 4) is 0 Å². The first-order chi connectivity index (χ1) is 12.6. The Labute approximate surface area is 159 Å². The molecular formula is C20H27N3O2S. The third kappa shape index (κ3) is 4.31. The van der Waals surface area contributed by atoms with Gasteiger partial charge in [0, 0.05) is 39.0 Å². The summed E-state index contributed by atoms with van der Waals surface area (Å²) < 4.78 is 5.44. The number of benzene rings is 1. The molecule has 1 aliphatic heterocycles. The fourth-order valence-corrected chi connectivity index (χ4v) is 4.31. The molecule has 0 bridgehead atoms. The average molecular weight is 374 g/mol. The van der Waals surface area contributed by atoms with Gasteiger partial charge in [0.15, 0.2) is 5.13 Å². The SMILES string of the molecule is CCc1ccccc1N(C(C)=O)c1nc(CN2CCC(OC)CC2)cs1. The van der Waals surface area contributed by atoms with Gasteiger partial charge in [-0.2, -0.15) is 0 Å². The van der Waals surface area contributed by atoms with Crippen LogP contribution in [0.25, 0.3) is 0 Å². The van der Waals surface area contributed by atoms with E-state index >= 15 is 0 Å². The van der Waals surface area contributed by atoms with Gasteiger partial charge in [-0.25, -0.2) is 4.98 Å². The number of para-hydroxylation sites is 1. The summed E-state index contributed by atoms with van der Waals surface area (Å²) in [6.45, 7) is 6.59. The smallest absolute Gasteiger partial charge is 0.230 e. The second kappa shape index (κ2) is 8.75. The molecule has 6 heteroatoms. The minimum atomic E-state index is -0.00675. The normalized spacial score (nSPS) is 16.0. The van der Waals surface area contributed by atoms with Crippen molar-refractivity contribution in [2.75, 3.05) is 25.1 Å². The molecule has 140 valence electrons. The van der Waals surface area contributed by atoms with Crippen molar-refractivity contribution < 1.29 is 9.53 Å². The van der Waals surface area contributed by atoms with Gasteiger partial charge in [-0.3, -0.25) is 14.6 Å². The average Bonchev–Trinajstić information content (AvgIpc) is 3.10. The first-order valence-corrected chi connectivity index (χ1v) is 10.1. The second-order valence-corrected chi connectivity index (χ2v) is 7.51. The van der Waals surface area contributed by atoms with E-state index in [0.717, 1.165) is 61.0 Å². The van der Waals surface area contributed by atoms with Crippen LogP contribution in [-0.4, -0.2) is 42.1 Å². The third-order valence-electron chi connectivity index (χ3n) is 4.91. The van der Waals surface area contributed by atoms with Crippen LogP contribution in [0, 0.1) is 0 Å². The molecule has 0 unspecified atom stereocenters. The molecule has 1 aliphatic rings. The predicted octanol–water partition coefficient (Wildman–Crippen LogP) is 4.00. The zero-order valence-corrected chi connectivity index (χ0v) is 16.6. The molecule has 3 rings (SSSR count). The van der Waals surface area contributed by atoms with Crippen molar-refractivity contribution in [1.82, 2.24) is 9.88 Å². The van der Waals surface area contributed by atoms with Crippen LogP contribution in [-0.2, 0) is 22.5 Å². The van der Waals surface area contributed by atoms with E-state index in [-0.39, 0.29) is 5.91 Å². The highest BCUT2D eigenvalue weighted by Crippen LogP contribution is 2.32. The molecule has 0 spiro atoms. The number of methoxy groups -OCH3 is 1. The van der Waals surface area contributed by atoms with E-state index in [1.54, 1.807) is 18.9 Å². The van der Waals surface area contributed by atoms with Crippen LogP contribution in [0.4, 0.5) is 10.8 Å². The number of thiazole rings is 1. The molecule has 0 radical (unpaired) electrons. The number of aromatic nitrogens is 1. The van der Waals surface area contributed by atoms with Gasteiger partial charge in [-0.1, -0.05) is 25.1 Å². The van der Waals surface area contributed by atoms with E-state index in [1.807, 2.05) is 18.2 Å². The van der Waals surface area contributed by atoms with Crippen LogP contribution < -0.4 is 4.90 Å². The molecule has 5 nitrogen and oxygen atoms in total. The number of amides is 1. The Kier molecular flexibility index (Phi) is 6.40. The number of aryl methyl sites for hydroxylation is 1. The summed E-state index contributed by atoms with van der Waals surface area (Å²) >= 11 is 1.54. The molecule has 0 atom stereocenters. The fourth-order valence-electron chi connectivity index (χ4n) is 3.44. The molecule has 0 aliphatic carbocycles. The van der Waals surface area contributed by atoms with Crippen LogP contribution in [0.1, 0.15) is 37.9 Å². The molecule has 2 aromatic rings. The van der Waals surface area contributed by atoms with Gasteiger partial charge in [-0.15, -0.1) is 11.3 Å². The maximum Gasteiger partial charge on any atom is 0.230 e. The first kappa shape index (κ1) is 19.0. The molecule has 1 amide bonds. The van der Waals surface area contributed by atoms with Gasteiger partial charge in [0.25, 0.3) is 0 Å². The Morgan fingerprint density at radius 1 is 1.35 bits per heavy atom.